The molecule has 0 unspecified atom stereocenters. The second-order valence-electron chi connectivity index (χ2n) is 5.63. The van der Waals surface area contributed by atoms with Crippen LogP contribution in [-0.4, -0.2) is 43.2 Å². The van der Waals surface area contributed by atoms with E-state index in [0.29, 0.717) is 37.9 Å². The summed E-state index contributed by atoms with van der Waals surface area (Å²) in [6.07, 6.45) is 1.73. The molecule has 23 heavy (non-hydrogen) atoms. The lowest BCUT2D eigenvalue weighted by molar-refractivity contribution is -0.132. The van der Waals surface area contributed by atoms with E-state index in [4.69, 9.17) is 0 Å². The lowest BCUT2D eigenvalue weighted by Crippen LogP contribution is -2.36. The van der Waals surface area contributed by atoms with Crippen LogP contribution >= 0.6 is 11.3 Å². The van der Waals surface area contributed by atoms with Crippen molar-refractivity contribution < 1.29 is 14.7 Å². The Bertz CT molecular complexity index is 765. The summed E-state index contributed by atoms with van der Waals surface area (Å²) < 4.78 is 1.61. The number of hydrogen-bond donors (Lipinski definition) is 1. The van der Waals surface area contributed by atoms with Gasteiger partial charge in [-0.15, -0.1) is 11.3 Å². The van der Waals surface area contributed by atoms with Crippen molar-refractivity contribution in [3.05, 3.63) is 33.0 Å². The minimum Gasteiger partial charge on any atom is -0.476 e. The predicted octanol–water partition coefficient (Wildman–Crippen LogP) is 1.40. The van der Waals surface area contributed by atoms with E-state index < -0.39 is 5.97 Å². The Balaban J connectivity index is 1.70. The van der Waals surface area contributed by atoms with Gasteiger partial charge in [0, 0.05) is 49.1 Å². The maximum Gasteiger partial charge on any atom is 0.356 e. The Hall–Kier alpha value is -2.22. The number of hydrogen-bond acceptors (Lipinski definition) is 5. The summed E-state index contributed by atoms with van der Waals surface area (Å²) in [6.45, 7) is 2.87. The Morgan fingerprint density at radius 2 is 2.22 bits per heavy atom. The molecule has 7 nitrogen and oxygen atoms in total. The van der Waals surface area contributed by atoms with Gasteiger partial charge in [0.05, 0.1) is 11.2 Å². The molecule has 0 bridgehead atoms. The minimum absolute atomic E-state index is 0.0450. The number of nitrogens with zero attached hydrogens (tertiary/aromatic N) is 4. The molecule has 1 aliphatic rings. The van der Waals surface area contributed by atoms with Gasteiger partial charge in [-0.05, 0) is 13.3 Å². The molecule has 1 aliphatic heterocycles. The van der Waals surface area contributed by atoms with E-state index in [1.165, 1.54) is 0 Å². The molecule has 0 saturated heterocycles. The average Bonchev–Trinajstić information content (AvgIpc) is 3.08. The van der Waals surface area contributed by atoms with Crippen LogP contribution in [0.3, 0.4) is 0 Å². The lowest BCUT2D eigenvalue weighted by atomic mass is 10.0. The third-order valence-electron chi connectivity index (χ3n) is 4.21. The van der Waals surface area contributed by atoms with Gasteiger partial charge in [-0.1, -0.05) is 0 Å². The zero-order valence-corrected chi connectivity index (χ0v) is 13.9. The van der Waals surface area contributed by atoms with Crippen molar-refractivity contribution in [2.45, 2.75) is 32.7 Å². The number of aromatic nitrogens is 3. The Labute approximate surface area is 137 Å². The van der Waals surface area contributed by atoms with Crippen molar-refractivity contribution in [1.82, 2.24) is 19.7 Å². The van der Waals surface area contributed by atoms with E-state index in [1.807, 2.05) is 6.92 Å². The Kier molecular flexibility index (Phi) is 4.16. The molecule has 0 spiro atoms. The number of carbonyl (C=O) groups excluding carboxylic acids is 1. The molecule has 0 atom stereocenters. The predicted molar refractivity (Wildman–Crippen MR) is 84.5 cm³/mol. The summed E-state index contributed by atoms with van der Waals surface area (Å²) >= 11 is 1.56. The van der Waals surface area contributed by atoms with Crippen LogP contribution < -0.4 is 0 Å². The van der Waals surface area contributed by atoms with Crippen molar-refractivity contribution in [2.24, 2.45) is 7.05 Å². The van der Waals surface area contributed by atoms with Gasteiger partial charge in [-0.3, -0.25) is 9.48 Å². The van der Waals surface area contributed by atoms with Crippen molar-refractivity contribution in [1.29, 1.82) is 0 Å². The van der Waals surface area contributed by atoms with E-state index in [9.17, 15) is 14.7 Å². The summed E-state index contributed by atoms with van der Waals surface area (Å²) in [5.41, 5.74) is 4.39. The summed E-state index contributed by atoms with van der Waals surface area (Å²) in [7, 11) is 1.75. The quantitative estimate of drug-likeness (QED) is 0.913. The molecule has 0 saturated carbocycles. The fraction of sp³-hybridized carbons (Fsp3) is 0.467. The number of rotatable bonds is 4. The van der Waals surface area contributed by atoms with Crippen LogP contribution in [0.1, 0.15) is 38.7 Å². The molecule has 0 fully saturated rings. The first-order valence-corrected chi connectivity index (χ1v) is 8.30. The van der Waals surface area contributed by atoms with Gasteiger partial charge in [0.25, 0.3) is 0 Å². The fourth-order valence-electron chi connectivity index (χ4n) is 2.92. The molecule has 3 heterocycles. The molecule has 1 N–H and O–H groups in total. The highest BCUT2D eigenvalue weighted by atomic mass is 32.1. The summed E-state index contributed by atoms with van der Waals surface area (Å²) in [6, 6.07) is 0. The van der Waals surface area contributed by atoms with Gasteiger partial charge < -0.3 is 10.0 Å². The molecule has 2 aromatic rings. The molecule has 0 radical (unpaired) electrons. The van der Waals surface area contributed by atoms with Gasteiger partial charge in [0.2, 0.25) is 5.91 Å². The second kappa shape index (κ2) is 6.11. The molecular formula is C15H18N4O3S. The van der Waals surface area contributed by atoms with Crippen molar-refractivity contribution in [3.63, 3.8) is 0 Å². The number of thiazole rings is 1. The first kappa shape index (κ1) is 15.7. The van der Waals surface area contributed by atoms with Crippen LogP contribution in [0.4, 0.5) is 0 Å². The van der Waals surface area contributed by atoms with E-state index >= 15 is 0 Å². The number of carbonyl (C=O) groups is 2. The van der Waals surface area contributed by atoms with Gasteiger partial charge in [0.15, 0.2) is 5.69 Å². The summed E-state index contributed by atoms with van der Waals surface area (Å²) in [5, 5.41) is 13.3. The highest BCUT2D eigenvalue weighted by molar-refractivity contribution is 7.09. The van der Waals surface area contributed by atoms with Crippen LogP contribution in [0, 0.1) is 6.92 Å². The molecule has 0 aliphatic carbocycles. The van der Waals surface area contributed by atoms with Crippen LogP contribution in [-0.2, 0) is 31.2 Å². The fourth-order valence-corrected chi connectivity index (χ4v) is 3.70. The number of aryl methyl sites for hydroxylation is 3. The minimum atomic E-state index is -1.04. The third-order valence-corrected chi connectivity index (χ3v) is 5.20. The van der Waals surface area contributed by atoms with Crippen LogP contribution in [0.25, 0.3) is 0 Å². The summed E-state index contributed by atoms with van der Waals surface area (Å²) in [4.78, 5) is 30.8. The maximum absolute atomic E-state index is 12.4. The highest BCUT2D eigenvalue weighted by Gasteiger charge is 2.28. The van der Waals surface area contributed by atoms with Crippen molar-refractivity contribution in [3.8, 4) is 0 Å². The van der Waals surface area contributed by atoms with E-state index in [0.717, 1.165) is 16.3 Å². The second-order valence-corrected chi connectivity index (χ2v) is 6.57. The molecule has 8 heteroatoms. The number of carboxylic acids is 1. The third kappa shape index (κ3) is 2.98. The van der Waals surface area contributed by atoms with Gasteiger partial charge >= 0.3 is 5.97 Å². The van der Waals surface area contributed by atoms with Crippen LogP contribution in [0.5, 0.6) is 0 Å². The zero-order chi connectivity index (χ0) is 16.6. The number of carboxylic acid groups (broad SMARTS) is 1. The SMILES string of the molecule is Cc1ncsc1CCC(=O)N1CCc2c(c(C(=O)O)nn2C)C1. The summed E-state index contributed by atoms with van der Waals surface area (Å²) in [5.74, 6) is -1.000. The normalized spacial score (nSPS) is 13.9. The van der Waals surface area contributed by atoms with Crippen LogP contribution in [0.15, 0.2) is 5.51 Å². The van der Waals surface area contributed by atoms with Crippen molar-refractivity contribution >= 4 is 23.2 Å². The highest BCUT2D eigenvalue weighted by Crippen LogP contribution is 2.23. The van der Waals surface area contributed by atoms with E-state index in [-0.39, 0.29) is 11.6 Å². The molecule has 0 aromatic carbocycles. The van der Waals surface area contributed by atoms with Gasteiger partial charge in [0.1, 0.15) is 0 Å². The molecule has 3 rings (SSSR count). The largest absolute Gasteiger partial charge is 0.476 e. The number of fused-ring (bicyclic) bond motifs is 1. The Morgan fingerprint density at radius 3 is 2.87 bits per heavy atom. The first-order valence-electron chi connectivity index (χ1n) is 7.42. The van der Waals surface area contributed by atoms with Crippen molar-refractivity contribution in [2.75, 3.05) is 6.54 Å². The molecule has 2 aromatic heterocycles. The number of aromatic carboxylic acids is 1. The molecular weight excluding hydrogens is 316 g/mol. The van der Waals surface area contributed by atoms with Crippen LogP contribution in [0.2, 0.25) is 0 Å². The average molecular weight is 334 g/mol. The zero-order valence-electron chi connectivity index (χ0n) is 13.1. The van der Waals surface area contributed by atoms with E-state index in [1.54, 1.807) is 33.5 Å². The Morgan fingerprint density at radius 1 is 1.43 bits per heavy atom. The number of amides is 1. The molecule has 1 amide bonds. The first-order chi connectivity index (χ1) is 11.0. The topological polar surface area (TPSA) is 88.3 Å². The smallest absolute Gasteiger partial charge is 0.356 e. The molecule has 122 valence electrons. The monoisotopic (exact) mass is 334 g/mol. The van der Waals surface area contributed by atoms with Gasteiger partial charge in [-0.25, -0.2) is 9.78 Å². The maximum atomic E-state index is 12.4. The standard InChI is InChI=1S/C15H18N4O3S/c1-9-12(23-8-16-9)3-4-13(20)19-6-5-11-10(7-19)14(15(21)22)17-18(11)2/h8H,3-7H2,1-2H3,(H,21,22). The van der Waals surface area contributed by atoms with Gasteiger partial charge in [-0.2, -0.15) is 5.10 Å². The lowest BCUT2D eigenvalue weighted by Gasteiger charge is -2.27. The van der Waals surface area contributed by atoms with E-state index in [2.05, 4.69) is 10.1 Å².